The number of nitrogen functional groups attached to an aromatic ring is 1. The summed E-state index contributed by atoms with van der Waals surface area (Å²) in [5.74, 6) is 1.86. The van der Waals surface area contributed by atoms with Crippen LogP contribution in [0, 0.1) is 0 Å². The second-order valence-corrected chi connectivity index (χ2v) is 7.36. The Kier molecular flexibility index (Phi) is 8.18. The molecule has 1 heterocycles. The van der Waals surface area contributed by atoms with Gasteiger partial charge >= 0.3 is 0 Å². The summed E-state index contributed by atoms with van der Waals surface area (Å²) < 4.78 is 16.7. The number of nitrogens with zero attached hydrogens (tertiary/aromatic N) is 3. The van der Waals surface area contributed by atoms with Crippen LogP contribution >= 0.6 is 11.3 Å². The standard InChI is InChI=1S/C21H23N5O4S/c1-28-16-7-4-8-17(12-16)29-10-5-11-30-18-9-3-2-6-15(18)14-23-24-19(27)13-20-25-26-21(22)31-20/h2-4,6-9,12,14H,5,10-11,13H2,1H3,(H2,22,26)(H,24,27)/b23-14+. The smallest absolute Gasteiger partial charge is 0.247 e. The molecule has 0 radical (unpaired) electrons. The maximum Gasteiger partial charge on any atom is 0.247 e. The van der Waals surface area contributed by atoms with Crippen molar-refractivity contribution in [1.82, 2.24) is 15.6 Å². The van der Waals surface area contributed by atoms with E-state index >= 15 is 0 Å². The minimum absolute atomic E-state index is 0.0671. The molecule has 0 unspecified atom stereocenters. The van der Waals surface area contributed by atoms with Gasteiger partial charge in [0.25, 0.3) is 0 Å². The first kappa shape index (κ1) is 22.0. The average molecular weight is 442 g/mol. The molecule has 3 rings (SSSR count). The molecule has 0 aliphatic carbocycles. The van der Waals surface area contributed by atoms with Crippen LogP contribution in [0.1, 0.15) is 17.0 Å². The molecular formula is C21H23N5O4S. The lowest BCUT2D eigenvalue weighted by Gasteiger charge is -2.10. The summed E-state index contributed by atoms with van der Waals surface area (Å²) in [5.41, 5.74) is 8.71. The Hall–Kier alpha value is -3.66. The summed E-state index contributed by atoms with van der Waals surface area (Å²) >= 11 is 1.17. The molecule has 2 aromatic carbocycles. The largest absolute Gasteiger partial charge is 0.497 e. The zero-order chi connectivity index (χ0) is 21.9. The first-order chi connectivity index (χ1) is 15.1. The number of para-hydroxylation sites is 1. The quantitative estimate of drug-likeness (QED) is 0.267. The molecule has 3 N–H and O–H groups in total. The minimum atomic E-state index is -0.305. The number of anilines is 1. The lowest BCUT2D eigenvalue weighted by atomic mass is 10.2. The molecule has 0 saturated carbocycles. The van der Waals surface area contributed by atoms with Crippen molar-refractivity contribution in [3.05, 3.63) is 59.1 Å². The van der Waals surface area contributed by atoms with E-state index < -0.39 is 0 Å². The number of hydrogen-bond acceptors (Lipinski definition) is 9. The molecule has 10 heteroatoms. The number of nitrogens with one attached hydrogen (secondary N) is 1. The molecule has 0 atom stereocenters. The predicted octanol–water partition coefficient (Wildman–Crippen LogP) is 2.67. The van der Waals surface area contributed by atoms with Crippen molar-refractivity contribution in [1.29, 1.82) is 0 Å². The molecule has 3 aromatic rings. The molecular weight excluding hydrogens is 418 g/mol. The Morgan fingerprint density at radius 2 is 1.94 bits per heavy atom. The highest BCUT2D eigenvalue weighted by atomic mass is 32.1. The van der Waals surface area contributed by atoms with Crippen molar-refractivity contribution >= 4 is 28.6 Å². The highest BCUT2D eigenvalue weighted by Crippen LogP contribution is 2.19. The third kappa shape index (κ3) is 7.27. The summed E-state index contributed by atoms with van der Waals surface area (Å²) in [4.78, 5) is 11.9. The van der Waals surface area contributed by atoms with E-state index in [-0.39, 0.29) is 12.3 Å². The summed E-state index contributed by atoms with van der Waals surface area (Å²) in [5, 5.41) is 12.3. The first-order valence-corrected chi connectivity index (χ1v) is 10.3. The van der Waals surface area contributed by atoms with E-state index in [1.807, 2.05) is 48.5 Å². The van der Waals surface area contributed by atoms with Gasteiger partial charge in [0.2, 0.25) is 11.0 Å². The number of hydrogen-bond donors (Lipinski definition) is 2. The maximum atomic E-state index is 11.9. The average Bonchev–Trinajstić information content (AvgIpc) is 3.19. The Labute approximate surface area is 183 Å². The molecule has 0 bridgehead atoms. The lowest BCUT2D eigenvalue weighted by Crippen LogP contribution is -2.19. The Morgan fingerprint density at radius 1 is 1.13 bits per heavy atom. The summed E-state index contributed by atoms with van der Waals surface area (Å²) in [6.07, 6.45) is 2.30. The number of carbonyl (C=O) groups excluding carboxylic acids is 1. The number of amides is 1. The summed E-state index contributed by atoms with van der Waals surface area (Å²) in [6, 6.07) is 14.9. The number of benzene rings is 2. The number of ether oxygens (including phenoxy) is 3. The van der Waals surface area contributed by atoms with E-state index in [0.717, 1.165) is 17.1 Å². The molecule has 1 amide bonds. The molecule has 31 heavy (non-hydrogen) atoms. The second-order valence-electron chi connectivity index (χ2n) is 6.27. The van der Waals surface area contributed by atoms with Crippen LogP contribution in [0.3, 0.4) is 0 Å². The molecule has 0 aliphatic heterocycles. The van der Waals surface area contributed by atoms with Crippen LogP contribution in [0.15, 0.2) is 53.6 Å². The Morgan fingerprint density at radius 3 is 2.74 bits per heavy atom. The van der Waals surface area contributed by atoms with Crippen LogP contribution < -0.4 is 25.4 Å². The fourth-order valence-electron chi connectivity index (χ4n) is 2.53. The monoisotopic (exact) mass is 441 g/mol. The van der Waals surface area contributed by atoms with E-state index in [1.54, 1.807) is 7.11 Å². The van der Waals surface area contributed by atoms with Gasteiger partial charge in [-0.3, -0.25) is 4.79 Å². The van der Waals surface area contributed by atoms with Gasteiger partial charge in [0.15, 0.2) is 0 Å². The molecule has 0 spiro atoms. The van der Waals surface area contributed by atoms with Crippen LogP contribution in [-0.2, 0) is 11.2 Å². The number of carbonyl (C=O) groups is 1. The Balaban J connectivity index is 1.43. The number of aromatic nitrogens is 2. The predicted molar refractivity (Wildman–Crippen MR) is 119 cm³/mol. The molecule has 1 aromatic heterocycles. The van der Waals surface area contributed by atoms with Gasteiger partial charge in [0.1, 0.15) is 22.3 Å². The maximum absolute atomic E-state index is 11.9. The highest BCUT2D eigenvalue weighted by Gasteiger charge is 2.07. The molecule has 0 aliphatic rings. The number of nitrogens with two attached hydrogens (primary N) is 1. The topological polar surface area (TPSA) is 121 Å². The van der Waals surface area contributed by atoms with E-state index in [1.165, 1.54) is 17.6 Å². The van der Waals surface area contributed by atoms with Crippen LogP contribution in [0.4, 0.5) is 5.13 Å². The van der Waals surface area contributed by atoms with E-state index in [0.29, 0.717) is 35.5 Å². The summed E-state index contributed by atoms with van der Waals surface area (Å²) in [6.45, 7) is 0.981. The second kappa shape index (κ2) is 11.5. The van der Waals surface area contributed by atoms with Crippen molar-refractivity contribution in [3.8, 4) is 17.2 Å². The van der Waals surface area contributed by atoms with Crippen LogP contribution in [0.25, 0.3) is 0 Å². The van der Waals surface area contributed by atoms with Crippen LogP contribution in [-0.4, -0.2) is 42.6 Å². The number of methoxy groups -OCH3 is 1. The van der Waals surface area contributed by atoms with Crippen LogP contribution in [0.5, 0.6) is 17.2 Å². The van der Waals surface area contributed by atoms with Gasteiger partial charge in [-0.2, -0.15) is 5.10 Å². The van der Waals surface area contributed by atoms with Crippen molar-refractivity contribution in [2.75, 3.05) is 26.1 Å². The highest BCUT2D eigenvalue weighted by molar-refractivity contribution is 7.15. The normalized spacial score (nSPS) is 10.7. The van der Waals surface area contributed by atoms with E-state index in [4.69, 9.17) is 19.9 Å². The molecule has 162 valence electrons. The number of rotatable bonds is 11. The molecule has 9 nitrogen and oxygen atoms in total. The Bertz CT molecular complexity index is 1020. The number of hydrazone groups is 1. The van der Waals surface area contributed by atoms with Crippen molar-refractivity contribution < 1.29 is 19.0 Å². The minimum Gasteiger partial charge on any atom is -0.497 e. The van der Waals surface area contributed by atoms with Crippen molar-refractivity contribution in [3.63, 3.8) is 0 Å². The first-order valence-electron chi connectivity index (χ1n) is 9.52. The van der Waals surface area contributed by atoms with Gasteiger partial charge in [-0.05, 0) is 24.3 Å². The van der Waals surface area contributed by atoms with Gasteiger partial charge in [0, 0.05) is 18.1 Å². The van der Waals surface area contributed by atoms with Gasteiger partial charge in [0.05, 0.1) is 33.0 Å². The SMILES string of the molecule is COc1cccc(OCCCOc2ccccc2/C=N/NC(=O)Cc2nnc(N)s2)c1. The third-order valence-electron chi connectivity index (χ3n) is 3.96. The lowest BCUT2D eigenvalue weighted by molar-refractivity contribution is -0.120. The third-order valence-corrected chi connectivity index (χ3v) is 4.71. The van der Waals surface area contributed by atoms with Gasteiger partial charge < -0.3 is 19.9 Å². The molecule has 0 fully saturated rings. The van der Waals surface area contributed by atoms with Crippen molar-refractivity contribution in [2.45, 2.75) is 12.8 Å². The van der Waals surface area contributed by atoms with Gasteiger partial charge in [-0.1, -0.05) is 29.5 Å². The fourth-order valence-corrected chi connectivity index (χ4v) is 3.14. The summed E-state index contributed by atoms with van der Waals surface area (Å²) in [7, 11) is 1.62. The van der Waals surface area contributed by atoms with Crippen LogP contribution in [0.2, 0.25) is 0 Å². The van der Waals surface area contributed by atoms with E-state index in [2.05, 4.69) is 20.7 Å². The zero-order valence-electron chi connectivity index (χ0n) is 17.0. The van der Waals surface area contributed by atoms with Gasteiger partial charge in [-0.15, -0.1) is 10.2 Å². The fraction of sp³-hybridized carbons (Fsp3) is 0.238. The van der Waals surface area contributed by atoms with Gasteiger partial charge in [-0.25, -0.2) is 5.43 Å². The van der Waals surface area contributed by atoms with E-state index in [9.17, 15) is 4.79 Å². The van der Waals surface area contributed by atoms with Crippen molar-refractivity contribution in [2.24, 2.45) is 5.10 Å². The zero-order valence-corrected chi connectivity index (χ0v) is 17.8. The molecule has 0 saturated heterocycles.